The fraction of sp³-hybridized carbons (Fsp3) is 0.526. The molecule has 1 atom stereocenters. The molecular formula is C19H25N5O6. The zero-order valence-electron chi connectivity index (χ0n) is 16.5. The Morgan fingerprint density at radius 2 is 2.00 bits per heavy atom. The van der Waals surface area contributed by atoms with Crippen LogP contribution >= 0.6 is 0 Å². The second-order valence-electron chi connectivity index (χ2n) is 6.67. The number of amides is 2. The van der Waals surface area contributed by atoms with Crippen LogP contribution in [0.1, 0.15) is 42.5 Å². The highest BCUT2D eigenvalue weighted by atomic mass is 16.6. The molecule has 11 heteroatoms. The maximum absolute atomic E-state index is 12.4. The molecule has 1 aliphatic heterocycles. The average Bonchev–Trinajstić information content (AvgIpc) is 2.73. The number of carbonyl (C=O) groups excluding carboxylic acids is 2. The van der Waals surface area contributed by atoms with E-state index in [0.717, 1.165) is 0 Å². The highest BCUT2D eigenvalue weighted by Crippen LogP contribution is 2.33. The summed E-state index contributed by atoms with van der Waals surface area (Å²) >= 11 is 0. The van der Waals surface area contributed by atoms with Gasteiger partial charge in [-0.25, -0.2) is 0 Å². The first kappa shape index (κ1) is 22.8. The number of fused-ring (bicyclic) bond motifs is 1. The van der Waals surface area contributed by atoms with Crippen LogP contribution in [0, 0.1) is 0 Å². The van der Waals surface area contributed by atoms with Gasteiger partial charge in [0.05, 0.1) is 12.0 Å². The average molecular weight is 419 g/mol. The molecule has 0 fully saturated rings. The van der Waals surface area contributed by atoms with Gasteiger partial charge in [-0.05, 0) is 30.5 Å². The number of carboxylic acids is 1. The SMILES string of the molecule is [N-]=[N+]=NC[C@H](CC(=O)O)NC(=O)CCCCCNC(=O)c1cccc2c1OCCO2. The number of nitrogens with one attached hydrogen (secondary N) is 2. The zero-order chi connectivity index (χ0) is 21.8. The maximum atomic E-state index is 12.4. The first-order valence-electron chi connectivity index (χ1n) is 9.70. The van der Waals surface area contributed by atoms with Gasteiger partial charge in [0.15, 0.2) is 11.5 Å². The lowest BCUT2D eigenvalue weighted by Crippen LogP contribution is -2.38. The molecule has 0 radical (unpaired) electrons. The fourth-order valence-electron chi connectivity index (χ4n) is 2.94. The van der Waals surface area contributed by atoms with Crippen LogP contribution in [0.5, 0.6) is 11.5 Å². The van der Waals surface area contributed by atoms with E-state index >= 15 is 0 Å². The monoisotopic (exact) mass is 419 g/mol. The number of hydrogen-bond donors (Lipinski definition) is 3. The van der Waals surface area contributed by atoms with Gasteiger partial charge in [-0.15, -0.1) is 0 Å². The number of benzene rings is 1. The number of ether oxygens (including phenoxy) is 2. The van der Waals surface area contributed by atoms with Crippen LogP contribution < -0.4 is 20.1 Å². The van der Waals surface area contributed by atoms with Crippen molar-refractivity contribution in [2.24, 2.45) is 5.11 Å². The summed E-state index contributed by atoms with van der Waals surface area (Å²) in [6.45, 7) is 1.19. The van der Waals surface area contributed by atoms with E-state index in [4.69, 9.17) is 20.1 Å². The summed E-state index contributed by atoms with van der Waals surface area (Å²) in [5.41, 5.74) is 8.76. The highest BCUT2D eigenvalue weighted by Gasteiger charge is 2.20. The van der Waals surface area contributed by atoms with Crippen LogP contribution in [0.25, 0.3) is 10.4 Å². The minimum Gasteiger partial charge on any atom is -0.486 e. The number of unbranched alkanes of at least 4 members (excludes halogenated alkanes) is 2. The van der Waals surface area contributed by atoms with Crippen molar-refractivity contribution in [2.75, 3.05) is 26.3 Å². The van der Waals surface area contributed by atoms with Crippen LogP contribution in [-0.4, -0.2) is 55.2 Å². The molecule has 0 saturated heterocycles. The minimum atomic E-state index is -1.08. The van der Waals surface area contributed by atoms with E-state index < -0.39 is 12.0 Å². The molecule has 2 amide bonds. The molecular weight excluding hydrogens is 394 g/mol. The molecule has 0 spiro atoms. The molecule has 30 heavy (non-hydrogen) atoms. The lowest BCUT2D eigenvalue weighted by atomic mass is 10.1. The van der Waals surface area contributed by atoms with Crippen molar-refractivity contribution in [1.82, 2.24) is 10.6 Å². The molecule has 0 aromatic heterocycles. The van der Waals surface area contributed by atoms with E-state index in [-0.39, 0.29) is 31.2 Å². The molecule has 2 rings (SSSR count). The van der Waals surface area contributed by atoms with Gasteiger partial charge in [0, 0.05) is 30.5 Å². The lowest BCUT2D eigenvalue weighted by molar-refractivity contribution is -0.137. The molecule has 1 aromatic carbocycles. The third kappa shape index (κ3) is 7.51. The smallest absolute Gasteiger partial charge is 0.305 e. The van der Waals surface area contributed by atoms with Crippen molar-refractivity contribution in [3.05, 3.63) is 34.2 Å². The van der Waals surface area contributed by atoms with E-state index in [0.29, 0.717) is 56.1 Å². The second-order valence-corrected chi connectivity index (χ2v) is 6.67. The predicted molar refractivity (Wildman–Crippen MR) is 106 cm³/mol. The van der Waals surface area contributed by atoms with E-state index in [1.54, 1.807) is 18.2 Å². The standard InChI is InChI=1S/C19H25N5O6/c20-24-22-12-13(11-17(26)27)23-16(25)7-2-1-3-8-21-19(28)14-5-4-6-15-18(14)30-10-9-29-15/h4-6,13H,1-3,7-12H2,(H,21,28)(H,23,25)(H,26,27)/t13-/m0/s1. The molecule has 1 aliphatic rings. The van der Waals surface area contributed by atoms with Crippen LogP contribution in [0.3, 0.4) is 0 Å². The summed E-state index contributed by atoms with van der Waals surface area (Å²) in [6.07, 6.45) is 1.88. The Hall–Kier alpha value is -3.46. The van der Waals surface area contributed by atoms with Gasteiger partial charge in [0.1, 0.15) is 13.2 Å². The number of nitrogens with zero attached hydrogens (tertiary/aromatic N) is 3. The minimum absolute atomic E-state index is 0.113. The Morgan fingerprint density at radius 3 is 2.77 bits per heavy atom. The number of azide groups is 1. The third-order valence-electron chi connectivity index (χ3n) is 4.33. The van der Waals surface area contributed by atoms with Crippen molar-refractivity contribution in [3.63, 3.8) is 0 Å². The van der Waals surface area contributed by atoms with E-state index in [1.807, 2.05) is 0 Å². The molecule has 3 N–H and O–H groups in total. The summed E-state index contributed by atoms with van der Waals surface area (Å²) in [5, 5.41) is 17.5. The van der Waals surface area contributed by atoms with Crippen molar-refractivity contribution in [1.29, 1.82) is 0 Å². The van der Waals surface area contributed by atoms with Crippen LogP contribution in [0.4, 0.5) is 0 Å². The Morgan fingerprint density at radius 1 is 1.20 bits per heavy atom. The summed E-state index contributed by atoms with van der Waals surface area (Å²) in [5.74, 6) is -0.617. The Bertz CT molecular complexity index is 805. The lowest BCUT2D eigenvalue weighted by Gasteiger charge is -2.20. The quantitative estimate of drug-likeness (QED) is 0.203. The van der Waals surface area contributed by atoms with Crippen molar-refractivity contribution in [3.8, 4) is 11.5 Å². The van der Waals surface area contributed by atoms with Gasteiger partial charge in [-0.1, -0.05) is 17.6 Å². The Labute approximate surface area is 173 Å². The number of rotatable bonds is 12. The van der Waals surface area contributed by atoms with Gasteiger partial charge >= 0.3 is 5.97 Å². The van der Waals surface area contributed by atoms with Gasteiger partial charge in [0.25, 0.3) is 5.91 Å². The van der Waals surface area contributed by atoms with Gasteiger partial charge in [-0.2, -0.15) is 0 Å². The van der Waals surface area contributed by atoms with Crippen LogP contribution in [0.15, 0.2) is 23.3 Å². The number of carbonyl (C=O) groups is 3. The first-order valence-corrected chi connectivity index (χ1v) is 9.70. The van der Waals surface area contributed by atoms with Crippen LogP contribution in [-0.2, 0) is 9.59 Å². The highest BCUT2D eigenvalue weighted by molar-refractivity contribution is 5.97. The van der Waals surface area contributed by atoms with Crippen molar-refractivity contribution >= 4 is 17.8 Å². The molecule has 162 valence electrons. The van der Waals surface area contributed by atoms with Crippen molar-refractivity contribution in [2.45, 2.75) is 38.1 Å². The summed E-state index contributed by atoms with van der Waals surface area (Å²) in [6, 6.07) is 4.44. The topological polar surface area (TPSA) is 163 Å². The molecule has 11 nitrogen and oxygen atoms in total. The largest absolute Gasteiger partial charge is 0.486 e. The van der Waals surface area contributed by atoms with E-state index in [1.165, 1.54) is 0 Å². The van der Waals surface area contributed by atoms with Gasteiger partial charge in [-0.3, -0.25) is 14.4 Å². The number of para-hydroxylation sites is 1. The maximum Gasteiger partial charge on any atom is 0.305 e. The molecule has 0 aliphatic carbocycles. The summed E-state index contributed by atoms with van der Waals surface area (Å²) < 4.78 is 11.0. The molecule has 0 bridgehead atoms. The zero-order valence-corrected chi connectivity index (χ0v) is 16.5. The second kappa shape index (κ2) is 12.2. The van der Waals surface area contributed by atoms with Crippen LogP contribution in [0.2, 0.25) is 0 Å². The molecule has 1 aromatic rings. The molecule has 0 saturated carbocycles. The molecule has 0 unspecified atom stereocenters. The summed E-state index contributed by atoms with van der Waals surface area (Å²) in [4.78, 5) is 37.7. The predicted octanol–water partition coefficient (Wildman–Crippen LogP) is 2.02. The van der Waals surface area contributed by atoms with Gasteiger partial charge in [0.2, 0.25) is 5.91 Å². The number of carboxylic acid groups (broad SMARTS) is 1. The normalized spacial score (nSPS) is 12.9. The Balaban J connectivity index is 1.65. The molecule has 1 heterocycles. The Kier molecular flexibility index (Phi) is 9.26. The third-order valence-corrected chi connectivity index (χ3v) is 4.33. The van der Waals surface area contributed by atoms with E-state index in [2.05, 4.69) is 20.7 Å². The first-order chi connectivity index (χ1) is 14.5. The van der Waals surface area contributed by atoms with Crippen molar-refractivity contribution < 1.29 is 29.0 Å². The summed E-state index contributed by atoms with van der Waals surface area (Å²) in [7, 11) is 0. The fourth-order valence-corrected chi connectivity index (χ4v) is 2.94. The number of aliphatic carboxylic acids is 1. The number of hydrogen-bond acceptors (Lipinski definition) is 6. The van der Waals surface area contributed by atoms with Gasteiger partial charge < -0.3 is 25.2 Å². The van der Waals surface area contributed by atoms with E-state index in [9.17, 15) is 14.4 Å².